The number of allylic oxidation sites excluding steroid dienone is 1. The summed E-state index contributed by atoms with van der Waals surface area (Å²) in [5, 5.41) is 15.5. The van der Waals surface area contributed by atoms with Crippen LogP contribution in [0.1, 0.15) is 6.92 Å². The third kappa shape index (κ3) is 4.56. The fourth-order valence-corrected chi connectivity index (χ4v) is 3.81. The standard InChI is InChI=1S/C22H20N6O2S/c1-3-12-28-18-7-5-4-6-17(18)20-21(28)25-22(27-26-20)31-13-19(30)24-16-10-8-15(9-11-16)23-14(2)29/h3-11H,1,12-13H2,2H3,(H,23,29)(H,24,30). The number of para-hydroxylation sites is 1. The zero-order chi connectivity index (χ0) is 21.8. The molecule has 0 bridgehead atoms. The molecule has 0 aliphatic rings. The van der Waals surface area contributed by atoms with Gasteiger partial charge >= 0.3 is 0 Å². The van der Waals surface area contributed by atoms with Gasteiger partial charge < -0.3 is 15.2 Å². The lowest BCUT2D eigenvalue weighted by Gasteiger charge is -2.07. The normalized spacial score (nSPS) is 10.9. The second-order valence-electron chi connectivity index (χ2n) is 6.78. The van der Waals surface area contributed by atoms with Crippen molar-refractivity contribution in [2.75, 3.05) is 16.4 Å². The monoisotopic (exact) mass is 432 g/mol. The zero-order valence-corrected chi connectivity index (χ0v) is 17.6. The summed E-state index contributed by atoms with van der Waals surface area (Å²) in [5.74, 6) is -0.194. The minimum absolute atomic E-state index is 0.141. The van der Waals surface area contributed by atoms with E-state index in [0.717, 1.165) is 16.4 Å². The first-order chi connectivity index (χ1) is 15.0. The van der Waals surface area contributed by atoms with Crippen molar-refractivity contribution in [1.29, 1.82) is 0 Å². The van der Waals surface area contributed by atoms with E-state index in [-0.39, 0.29) is 17.6 Å². The van der Waals surface area contributed by atoms with E-state index in [1.807, 2.05) is 34.9 Å². The summed E-state index contributed by atoms with van der Waals surface area (Å²) in [6, 6.07) is 14.8. The molecule has 0 saturated carbocycles. The van der Waals surface area contributed by atoms with Gasteiger partial charge in [0, 0.05) is 30.2 Å². The summed E-state index contributed by atoms with van der Waals surface area (Å²) < 4.78 is 2.03. The molecule has 8 nitrogen and oxygen atoms in total. The average molecular weight is 433 g/mol. The van der Waals surface area contributed by atoms with Gasteiger partial charge in [0.25, 0.3) is 0 Å². The minimum Gasteiger partial charge on any atom is -0.326 e. The molecular formula is C22H20N6O2S. The van der Waals surface area contributed by atoms with Gasteiger partial charge in [0.05, 0.1) is 11.3 Å². The third-order valence-corrected chi connectivity index (χ3v) is 5.33. The van der Waals surface area contributed by atoms with E-state index < -0.39 is 0 Å². The SMILES string of the molecule is C=CCn1c2ccccc2c2nnc(SCC(=O)Nc3ccc(NC(C)=O)cc3)nc21. The molecule has 0 unspecified atom stereocenters. The number of nitrogens with one attached hydrogen (secondary N) is 2. The molecule has 2 heterocycles. The molecule has 0 aliphatic heterocycles. The van der Waals surface area contributed by atoms with Gasteiger partial charge in [0.1, 0.15) is 5.52 Å². The van der Waals surface area contributed by atoms with Crippen LogP contribution in [0.4, 0.5) is 11.4 Å². The zero-order valence-electron chi connectivity index (χ0n) is 16.8. The van der Waals surface area contributed by atoms with E-state index in [4.69, 9.17) is 0 Å². The number of hydrogen-bond acceptors (Lipinski definition) is 6. The largest absolute Gasteiger partial charge is 0.326 e. The maximum Gasteiger partial charge on any atom is 0.234 e. The van der Waals surface area contributed by atoms with Gasteiger partial charge in [-0.05, 0) is 30.3 Å². The third-order valence-electron chi connectivity index (χ3n) is 4.49. The topological polar surface area (TPSA) is 102 Å². The molecule has 0 saturated heterocycles. The second-order valence-corrected chi connectivity index (χ2v) is 7.72. The number of hydrogen-bond donors (Lipinski definition) is 2. The molecule has 0 spiro atoms. The van der Waals surface area contributed by atoms with Gasteiger partial charge in [0.2, 0.25) is 17.0 Å². The Labute approximate surface area is 182 Å². The number of amides is 2. The summed E-state index contributed by atoms with van der Waals surface area (Å²) in [5.41, 5.74) is 3.77. The van der Waals surface area contributed by atoms with Crippen molar-refractivity contribution in [3.8, 4) is 0 Å². The lowest BCUT2D eigenvalue weighted by Crippen LogP contribution is -2.14. The number of aromatic nitrogens is 4. The summed E-state index contributed by atoms with van der Waals surface area (Å²) in [6.07, 6.45) is 1.81. The molecule has 2 aromatic heterocycles. The van der Waals surface area contributed by atoms with Gasteiger partial charge in [-0.3, -0.25) is 9.59 Å². The van der Waals surface area contributed by atoms with E-state index in [1.165, 1.54) is 18.7 Å². The van der Waals surface area contributed by atoms with Gasteiger partial charge in [-0.25, -0.2) is 4.98 Å². The van der Waals surface area contributed by atoms with Gasteiger partial charge in [-0.15, -0.1) is 16.8 Å². The molecule has 2 amide bonds. The predicted molar refractivity (Wildman–Crippen MR) is 123 cm³/mol. The summed E-state index contributed by atoms with van der Waals surface area (Å²) in [7, 11) is 0. The Morgan fingerprint density at radius 1 is 1.06 bits per heavy atom. The summed E-state index contributed by atoms with van der Waals surface area (Å²) in [4.78, 5) is 28.0. The first-order valence-electron chi connectivity index (χ1n) is 9.58. The van der Waals surface area contributed by atoms with Crippen LogP contribution in [0, 0.1) is 0 Å². The van der Waals surface area contributed by atoms with Crippen molar-refractivity contribution < 1.29 is 9.59 Å². The van der Waals surface area contributed by atoms with Crippen LogP contribution in [0.5, 0.6) is 0 Å². The van der Waals surface area contributed by atoms with Gasteiger partial charge in [-0.2, -0.15) is 0 Å². The second kappa shape index (κ2) is 8.97. The number of rotatable bonds is 7. The Hall–Kier alpha value is -3.72. The first kappa shape index (κ1) is 20.5. The molecule has 2 N–H and O–H groups in total. The van der Waals surface area contributed by atoms with Crippen LogP contribution in [-0.2, 0) is 16.1 Å². The molecule has 156 valence electrons. The Morgan fingerprint density at radius 3 is 2.48 bits per heavy atom. The first-order valence-corrected chi connectivity index (χ1v) is 10.6. The van der Waals surface area contributed by atoms with Crippen LogP contribution in [0.25, 0.3) is 22.1 Å². The van der Waals surface area contributed by atoms with Crippen LogP contribution in [0.3, 0.4) is 0 Å². The Morgan fingerprint density at radius 2 is 1.77 bits per heavy atom. The number of nitrogens with zero attached hydrogens (tertiary/aromatic N) is 4. The molecular weight excluding hydrogens is 412 g/mol. The lowest BCUT2D eigenvalue weighted by atomic mass is 10.2. The summed E-state index contributed by atoms with van der Waals surface area (Å²) >= 11 is 1.22. The van der Waals surface area contributed by atoms with Crippen LogP contribution in [0.15, 0.2) is 66.3 Å². The number of carbonyl (C=O) groups excluding carboxylic acids is 2. The predicted octanol–water partition coefficient (Wildman–Crippen LogP) is 3.85. The van der Waals surface area contributed by atoms with E-state index in [2.05, 4.69) is 32.4 Å². The van der Waals surface area contributed by atoms with Crippen LogP contribution < -0.4 is 10.6 Å². The number of thioether (sulfide) groups is 1. The van der Waals surface area contributed by atoms with Crippen molar-refractivity contribution in [2.24, 2.45) is 0 Å². The number of benzene rings is 2. The molecule has 0 aliphatic carbocycles. The Bertz CT molecular complexity index is 1280. The Balaban J connectivity index is 1.46. The molecule has 4 aromatic rings. The van der Waals surface area contributed by atoms with Gasteiger partial charge in [-0.1, -0.05) is 36.0 Å². The maximum atomic E-state index is 12.3. The van der Waals surface area contributed by atoms with Crippen molar-refractivity contribution in [3.05, 3.63) is 61.2 Å². The minimum atomic E-state index is -0.187. The highest BCUT2D eigenvalue weighted by molar-refractivity contribution is 7.99. The number of fused-ring (bicyclic) bond motifs is 3. The van der Waals surface area contributed by atoms with E-state index in [1.54, 1.807) is 24.3 Å². The van der Waals surface area contributed by atoms with E-state index in [9.17, 15) is 9.59 Å². The molecule has 0 atom stereocenters. The van der Waals surface area contributed by atoms with Crippen molar-refractivity contribution in [2.45, 2.75) is 18.6 Å². The molecule has 31 heavy (non-hydrogen) atoms. The molecule has 9 heteroatoms. The highest BCUT2D eigenvalue weighted by Gasteiger charge is 2.14. The highest BCUT2D eigenvalue weighted by atomic mass is 32.2. The van der Waals surface area contributed by atoms with E-state index >= 15 is 0 Å². The maximum absolute atomic E-state index is 12.3. The van der Waals surface area contributed by atoms with Crippen LogP contribution >= 0.6 is 11.8 Å². The molecule has 2 aromatic carbocycles. The van der Waals surface area contributed by atoms with Crippen LogP contribution in [-0.4, -0.2) is 37.3 Å². The number of carbonyl (C=O) groups is 2. The highest BCUT2D eigenvalue weighted by Crippen LogP contribution is 2.27. The smallest absolute Gasteiger partial charge is 0.234 e. The molecule has 4 rings (SSSR count). The van der Waals surface area contributed by atoms with E-state index in [0.29, 0.717) is 28.7 Å². The molecule has 0 radical (unpaired) electrons. The van der Waals surface area contributed by atoms with Crippen molar-refractivity contribution in [1.82, 2.24) is 19.7 Å². The summed E-state index contributed by atoms with van der Waals surface area (Å²) in [6.45, 7) is 5.87. The number of anilines is 2. The van der Waals surface area contributed by atoms with Crippen molar-refractivity contribution in [3.63, 3.8) is 0 Å². The lowest BCUT2D eigenvalue weighted by molar-refractivity contribution is -0.114. The fourth-order valence-electron chi connectivity index (χ4n) is 3.23. The quantitative estimate of drug-likeness (QED) is 0.340. The molecule has 0 fully saturated rings. The fraction of sp³-hybridized carbons (Fsp3) is 0.136. The average Bonchev–Trinajstić information content (AvgIpc) is 3.07. The van der Waals surface area contributed by atoms with Crippen LogP contribution in [0.2, 0.25) is 0 Å². The van der Waals surface area contributed by atoms with Crippen molar-refractivity contribution >= 4 is 57.0 Å². The van der Waals surface area contributed by atoms with Gasteiger partial charge in [0.15, 0.2) is 5.65 Å². The Kier molecular flexibility index (Phi) is 5.94.